The van der Waals surface area contributed by atoms with E-state index in [9.17, 15) is 22.8 Å². The topological polar surface area (TPSA) is 146 Å². The molecule has 1 unspecified atom stereocenters. The predicted molar refractivity (Wildman–Crippen MR) is 196 cm³/mol. The number of carbonyl (C=O) groups is 2. The average molecular weight is 723 g/mol. The Kier molecular flexibility index (Phi) is 10.3. The van der Waals surface area contributed by atoms with E-state index in [0.29, 0.717) is 56.0 Å². The number of piperidine rings is 3. The predicted octanol–water partition coefficient (Wildman–Crippen LogP) is 3.22. The minimum atomic E-state index is -3.65. The van der Waals surface area contributed by atoms with Crippen LogP contribution < -0.4 is 11.0 Å². The molecule has 3 aliphatic rings. The van der Waals surface area contributed by atoms with Crippen molar-refractivity contribution in [1.29, 1.82) is 0 Å². The zero-order valence-corrected chi connectivity index (χ0v) is 30.0. The fraction of sp³-hybridized carbons (Fsp3) is 0.543. The van der Waals surface area contributed by atoms with Crippen LogP contribution in [-0.4, -0.2) is 117 Å². The molecule has 0 aliphatic carbocycles. The van der Waals surface area contributed by atoms with Crippen molar-refractivity contribution in [2.75, 3.05) is 50.8 Å². The number of imidazole rings is 1. The van der Waals surface area contributed by atoms with Crippen LogP contribution in [0.25, 0.3) is 21.9 Å². The molecule has 15 heteroatoms. The highest BCUT2D eigenvalue weighted by Gasteiger charge is 2.34. The quantitative estimate of drug-likeness (QED) is 0.225. The minimum absolute atomic E-state index is 0.0365. The number of nitrogens with one attached hydrogen (secondary N) is 2. The molecule has 7 rings (SSSR count). The van der Waals surface area contributed by atoms with Crippen molar-refractivity contribution >= 4 is 56.5 Å². The van der Waals surface area contributed by atoms with Crippen LogP contribution in [0, 0.1) is 0 Å². The van der Waals surface area contributed by atoms with Gasteiger partial charge in [-0.3, -0.25) is 9.36 Å². The molecule has 4 aromatic rings. The number of urea groups is 1. The molecule has 3 saturated heterocycles. The van der Waals surface area contributed by atoms with Gasteiger partial charge in [-0.25, -0.2) is 18.0 Å². The van der Waals surface area contributed by atoms with Crippen LogP contribution in [0.4, 0.5) is 4.79 Å². The van der Waals surface area contributed by atoms with Gasteiger partial charge in [0.25, 0.3) is 10.0 Å². The van der Waals surface area contributed by atoms with Gasteiger partial charge in [-0.2, -0.15) is 21.8 Å². The van der Waals surface area contributed by atoms with E-state index in [-0.39, 0.29) is 41.6 Å². The zero-order chi connectivity index (χ0) is 34.8. The lowest BCUT2D eigenvalue weighted by atomic mass is 9.98. The summed E-state index contributed by atoms with van der Waals surface area (Å²) in [6.45, 7) is 4.45. The summed E-state index contributed by atoms with van der Waals surface area (Å²) in [5, 5.41) is 7.85. The van der Waals surface area contributed by atoms with Crippen LogP contribution in [0.1, 0.15) is 56.6 Å². The van der Waals surface area contributed by atoms with Gasteiger partial charge in [-0.1, -0.05) is 24.6 Å². The molecule has 0 radical (unpaired) electrons. The molecular weight excluding hydrogens is 677 g/mol. The van der Waals surface area contributed by atoms with Gasteiger partial charge in [0.15, 0.2) is 0 Å². The second-order valence-electron chi connectivity index (χ2n) is 13.8. The van der Waals surface area contributed by atoms with E-state index in [0.717, 1.165) is 46.6 Å². The number of amides is 3. The van der Waals surface area contributed by atoms with E-state index < -0.39 is 16.1 Å². The van der Waals surface area contributed by atoms with Crippen molar-refractivity contribution in [3.63, 3.8) is 0 Å². The van der Waals surface area contributed by atoms with Gasteiger partial charge in [0, 0.05) is 55.8 Å². The summed E-state index contributed by atoms with van der Waals surface area (Å²) < 4.78 is 28.3. The maximum absolute atomic E-state index is 14.2. The van der Waals surface area contributed by atoms with Crippen molar-refractivity contribution in [2.24, 2.45) is 0 Å². The summed E-state index contributed by atoms with van der Waals surface area (Å²) in [5.74, 6) is -0.0656. The average Bonchev–Trinajstić information content (AvgIpc) is 3.72. The van der Waals surface area contributed by atoms with E-state index in [1.807, 2.05) is 35.2 Å². The summed E-state index contributed by atoms with van der Waals surface area (Å²) in [6, 6.07) is 12.3. The standard InChI is InChI=1S/C35H46N8O5S2/c44-33(40-16-10-27(11-17-40)39-14-4-1-5-15-39)30(23-25-8-9-31-26(22-25)24-36-43(31)50(47,48)21-20-49)38-34(45)41-18-12-28(13-19-41)42-32-7-3-2-6-29(32)37-35(42)46/h2-3,6-9,22,24,27-28,30,49H,1,4-5,10-21,23H2,(H,37,46)(H,38,45). The Bertz CT molecular complexity index is 2000. The van der Waals surface area contributed by atoms with Gasteiger partial charge in [0.05, 0.1) is 28.5 Å². The molecule has 5 heterocycles. The number of likely N-dealkylation sites (tertiary alicyclic amines) is 3. The molecule has 3 fully saturated rings. The Morgan fingerprint density at radius 2 is 1.60 bits per heavy atom. The van der Waals surface area contributed by atoms with E-state index in [2.05, 4.69) is 32.9 Å². The van der Waals surface area contributed by atoms with Crippen LogP contribution in [0.3, 0.4) is 0 Å². The third-order valence-corrected chi connectivity index (χ3v) is 12.7. The Balaban J connectivity index is 1.06. The number of nitrogens with zero attached hydrogens (tertiary/aromatic N) is 6. The molecule has 2 aromatic carbocycles. The second kappa shape index (κ2) is 14.8. The Morgan fingerprint density at radius 1 is 0.900 bits per heavy atom. The maximum Gasteiger partial charge on any atom is 0.326 e. The van der Waals surface area contributed by atoms with Crippen molar-refractivity contribution in [1.82, 2.24) is 38.8 Å². The summed E-state index contributed by atoms with van der Waals surface area (Å²) in [6.07, 6.45) is 8.58. The molecule has 0 bridgehead atoms. The fourth-order valence-corrected chi connectivity index (χ4v) is 9.76. The third-order valence-electron chi connectivity index (χ3n) is 10.7. The highest BCUT2D eigenvalue weighted by molar-refractivity contribution is 7.91. The molecule has 3 amide bonds. The van der Waals surface area contributed by atoms with Crippen molar-refractivity contribution in [3.8, 4) is 0 Å². The number of hydrogen-bond acceptors (Lipinski definition) is 8. The zero-order valence-electron chi connectivity index (χ0n) is 28.2. The van der Waals surface area contributed by atoms with Crippen molar-refractivity contribution in [2.45, 2.75) is 69.5 Å². The van der Waals surface area contributed by atoms with Crippen LogP contribution in [0.5, 0.6) is 0 Å². The lowest BCUT2D eigenvalue weighted by molar-refractivity contribution is -0.134. The van der Waals surface area contributed by atoms with Crippen molar-refractivity contribution in [3.05, 3.63) is 64.7 Å². The van der Waals surface area contributed by atoms with Crippen LogP contribution >= 0.6 is 12.6 Å². The Morgan fingerprint density at radius 3 is 2.34 bits per heavy atom. The lowest BCUT2D eigenvalue weighted by Gasteiger charge is -2.41. The number of fused-ring (bicyclic) bond motifs is 2. The Labute approximate surface area is 297 Å². The molecule has 0 spiro atoms. The van der Waals surface area contributed by atoms with Gasteiger partial charge < -0.3 is 25.0 Å². The number of para-hydroxylation sites is 2. The molecule has 13 nitrogen and oxygen atoms in total. The summed E-state index contributed by atoms with van der Waals surface area (Å²) in [7, 11) is -3.65. The Hall–Kier alpha value is -3.82. The van der Waals surface area contributed by atoms with E-state index in [1.165, 1.54) is 25.5 Å². The van der Waals surface area contributed by atoms with Crippen molar-refractivity contribution < 1.29 is 18.0 Å². The van der Waals surface area contributed by atoms with Gasteiger partial charge >= 0.3 is 11.7 Å². The van der Waals surface area contributed by atoms with E-state index in [1.54, 1.807) is 21.6 Å². The molecule has 2 N–H and O–H groups in total. The SMILES string of the molecule is O=C(NC(Cc1ccc2c(cnn2S(=O)(=O)CCS)c1)C(=O)N1CCC(N2CCCCC2)CC1)N1CCC(n2c(=O)[nH]c3ccccc32)CC1. The number of benzene rings is 2. The monoisotopic (exact) mass is 722 g/mol. The van der Waals surface area contributed by atoms with Gasteiger partial charge in [-0.15, -0.1) is 0 Å². The summed E-state index contributed by atoms with van der Waals surface area (Å²) in [5.41, 5.74) is 2.76. The first-order chi connectivity index (χ1) is 24.2. The second-order valence-corrected chi connectivity index (χ2v) is 16.2. The van der Waals surface area contributed by atoms with Crippen LogP contribution in [0.15, 0.2) is 53.5 Å². The van der Waals surface area contributed by atoms with Crippen LogP contribution in [0.2, 0.25) is 0 Å². The molecule has 0 saturated carbocycles. The van der Waals surface area contributed by atoms with E-state index in [4.69, 9.17) is 0 Å². The number of carbonyl (C=O) groups excluding carboxylic acids is 2. The summed E-state index contributed by atoms with van der Waals surface area (Å²) in [4.78, 5) is 49.9. The van der Waals surface area contributed by atoms with Gasteiger partial charge in [0.2, 0.25) is 5.91 Å². The highest BCUT2D eigenvalue weighted by Crippen LogP contribution is 2.26. The number of rotatable bonds is 9. The van der Waals surface area contributed by atoms with E-state index >= 15 is 0 Å². The molecule has 268 valence electrons. The minimum Gasteiger partial charge on any atom is -0.341 e. The molecule has 2 aromatic heterocycles. The first-order valence-corrected chi connectivity index (χ1v) is 20.0. The van der Waals surface area contributed by atoms with Crippen LogP contribution in [-0.2, 0) is 21.2 Å². The molecular formula is C35H46N8O5S2. The number of thiol groups is 1. The molecule has 50 heavy (non-hydrogen) atoms. The lowest BCUT2D eigenvalue weighted by Crippen LogP contribution is -2.56. The largest absolute Gasteiger partial charge is 0.341 e. The first kappa shape index (κ1) is 34.6. The maximum atomic E-state index is 14.2. The molecule has 3 aliphatic heterocycles. The normalized spacial score (nSPS) is 19.3. The highest BCUT2D eigenvalue weighted by atomic mass is 32.2. The number of hydrogen-bond donors (Lipinski definition) is 3. The smallest absolute Gasteiger partial charge is 0.326 e. The fourth-order valence-electron chi connectivity index (χ4n) is 8.00. The number of H-pyrrole nitrogens is 1. The number of aromatic amines is 1. The third kappa shape index (κ3) is 7.17. The first-order valence-electron chi connectivity index (χ1n) is 17.8. The van der Waals surface area contributed by atoms with Gasteiger partial charge in [-0.05, 0) is 81.4 Å². The summed E-state index contributed by atoms with van der Waals surface area (Å²) >= 11 is 4.08. The van der Waals surface area contributed by atoms with Gasteiger partial charge in [0.1, 0.15) is 6.04 Å². The number of aromatic nitrogens is 4. The molecule has 1 atom stereocenters.